The molecule has 0 aliphatic rings. The Kier molecular flexibility index (Phi) is 6.08. The number of Topliss-reactive ketones (excluding diaryl/α,β-unsaturated/α-hetero) is 1. The van der Waals surface area contributed by atoms with E-state index in [0.717, 1.165) is 15.9 Å². The third-order valence-electron chi connectivity index (χ3n) is 3.83. The third kappa shape index (κ3) is 4.64. The molecule has 0 fully saturated rings. The maximum Gasteiger partial charge on any atom is 0.234 e. The van der Waals surface area contributed by atoms with Gasteiger partial charge in [-0.2, -0.15) is 0 Å². The van der Waals surface area contributed by atoms with Crippen LogP contribution in [0.25, 0.3) is 10.7 Å². The highest BCUT2D eigenvalue weighted by molar-refractivity contribution is 7.99. The lowest BCUT2D eigenvalue weighted by molar-refractivity contribution is -0.113. The van der Waals surface area contributed by atoms with Crippen molar-refractivity contribution < 1.29 is 9.59 Å². The molecule has 0 aliphatic heterocycles. The van der Waals surface area contributed by atoms with Gasteiger partial charge in [-0.1, -0.05) is 17.8 Å². The van der Waals surface area contributed by atoms with Gasteiger partial charge in [-0.05, 0) is 56.5 Å². The zero-order valence-corrected chi connectivity index (χ0v) is 16.9. The first-order valence-electron chi connectivity index (χ1n) is 8.48. The van der Waals surface area contributed by atoms with Gasteiger partial charge in [0, 0.05) is 17.3 Å². The molecule has 3 aromatic rings. The fourth-order valence-corrected chi connectivity index (χ4v) is 4.10. The second-order valence-electron chi connectivity index (χ2n) is 6.22. The molecule has 0 unspecified atom stereocenters. The van der Waals surface area contributed by atoms with E-state index in [9.17, 15) is 9.59 Å². The molecule has 3 rings (SSSR count). The quantitative estimate of drug-likeness (QED) is 0.466. The number of carbonyl (C=O) groups excluding carboxylic acids is 2. The second kappa shape index (κ2) is 8.49. The number of ketones is 1. The van der Waals surface area contributed by atoms with Crippen molar-refractivity contribution in [1.82, 2.24) is 14.8 Å². The van der Waals surface area contributed by atoms with Crippen molar-refractivity contribution in [2.45, 2.75) is 32.0 Å². The molecule has 0 radical (unpaired) electrons. The summed E-state index contributed by atoms with van der Waals surface area (Å²) >= 11 is 2.97. The normalized spacial score (nSPS) is 11.0. The molecule has 0 atom stereocenters. The summed E-state index contributed by atoms with van der Waals surface area (Å²) in [6.45, 7) is 5.65. The predicted octanol–water partition coefficient (Wildman–Crippen LogP) is 4.52. The van der Waals surface area contributed by atoms with Gasteiger partial charge in [0.05, 0.1) is 10.6 Å². The van der Waals surface area contributed by atoms with Crippen LogP contribution in [0.3, 0.4) is 0 Å². The summed E-state index contributed by atoms with van der Waals surface area (Å²) in [6.07, 6.45) is 0. The van der Waals surface area contributed by atoms with Crippen LogP contribution in [0, 0.1) is 0 Å². The first-order chi connectivity index (χ1) is 13.0. The molecular formula is C19H20N4O2S2. The number of hydrogen-bond donors (Lipinski definition) is 1. The number of nitrogens with zero attached hydrogens (tertiary/aromatic N) is 3. The molecule has 2 aromatic heterocycles. The highest BCUT2D eigenvalue weighted by Gasteiger charge is 2.18. The van der Waals surface area contributed by atoms with Gasteiger partial charge in [0.15, 0.2) is 16.8 Å². The summed E-state index contributed by atoms with van der Waals surface area (Å²) < 4.78 is 2.05. The molecule has 0 saturated heterocycles. The molecule has 0 saturated carbocycles. The van der Waals surface area contributed by atoms with Crippen LogP contribution >= 0.6 is 23.1 Å². The highest BCUT2D eigenvalue weighted by atomic mass is 32.2. The van der Waals surface area contributed by atoms with Crippen molar-refractivity contribution in [3.8, 4) is 10.7 Å². The maximum atomic E-state index is 12.3. The van der Waals surface area contributed by atoms with Gasteiger partial charge in [0.1, 0.15) is 0 Å². The first kappa shape index (κ1) is 19.3. The lowest BCUT2D eigenvalue weighted by Crippen LogP contribution is -2.15. The number of rotatable bonds is 7. The minimum Gasteiger partial charge on any atom is -0.325 e. The van der Waals surface area contributed by atoms with Crippen molar-refractivity contribution in [3.05, 3.63) is 47.3 Å². The topological polar surface area (TPSA) is 76.9 Å². The second-order valence-corrected chi connectivity index (χ2v) is 8.11. The molecule has 2 heterocycles. The predicted molar refractivity (Wildman–Crippen MR) is 110 cm³/mol. The van der Waals surface area contributed by atoms with E-state index in [1.165, 1.54) is 18.7 Å². The van der Waals surface area contributed by atoms with E-state index in [2.05, 4.69) is 29.4 Å². The number of anilines is 1. The summed E-state index contributed by atoms with van der Waals surface area (Å²) in [4.78, 5) is 24.6. The Morgan fingerprint density at radius 2 is 1.93 bits per heavy atom. The fraction of sp³-hybridized carbons (Fsp3) is 0.263. The van der Waals surface area contributed by atoms with Crippen molar-refractivity contribution in [1.29, 1.82) is 0 Å². The number of benzene rings is 1. The van der Waals surface area contributed by atoms with Crippen LogP contribution in [0.4, 0.5) is 5.69 Å². The largest absolute Gasteiger partial charge is 0.325 e. The van der Waals surface area contributed by atoms with E-state index in [4.69, 9.17) is 0 Å². The Bertz CT molecular complexity index is 931. The SMILES string of the molecule is CC(=O)c1ccc(NC(=O)CSc2nnc(-c3cccs3)n2C(C)C)cc1. The zero-order valence-electron chi connectivity index (χ0n) is 15.3. The number of carbonyl (C=O) groups is 2. The maximum absolute atomic E-state index is 12.3. The van der Waals surface area contributed by atoms with Crippen LogP contribution in [-0.4, -0.2) is 32.2 Å². The monoisotopic (exact) mass is 400 g/mol. The number of nitrogens with one attached hydrogen (secondary N) is 1. The number of hydrogen-bond acceptors (Lipinski definition) is 6. The molecule has 0 aliphatic carbocycles. The van der Waals surface area contributed by atoms with Crippen molar-refractivity contribution in [3.63, 3.8) is 0 Å². The van der Waals surface area contributed by atoms with Crippen molar-refractivity contribution in [2.24, 2.45) is 0 Å². The fourth-order valence-electron chi connectivity index (χ4n) is 2.53. The number of amides is 1. The van der Waals surface area contributed by atoms with Crippen LogP contribution in [0.5, 0.6) is 0 Å². The van der Waals surface area contributed by atoms with E-state index >= 15 is 0 Å². The van der Waals surface area contributed by atoms with Gasteiger partial charge < -0.3 is 5.32 Å². The molecule has 140 valence electrons. The molecule has 1 aromatic carbocycles. The van der Waals surface area contributed by atoms with Gasteiger partial charge in [-0.15, -0.1) is 21.5 Å². The molecule has 1 amide bonds. The lowest BCUT2D eigenvalue weighted by Gasteiger charge is -2.13. The highest BCUT2D eigenvalue weighted by Crippen LogP contribution is 2.30. The number of aromatic nitrogens is 3. The molecule has 8 heteroatoms. The van der Waals surface area contributed by atoms with Crippen LogP contribution < -0.4 is 5.32 Å². The molecular weight excluding hydrogens is 380 g/mol. The lowest BCUT2D eigenvalue weighted by atomic mass is 10.1. The summed E-state index contributed by atoms with van der Waals surface area (Å²) in [7, 11) is 0. The summed E-state index contributed by atoms with van der Waals surface area (Å²) in [5.41, 5.74) is 1.28. The van der Waals surface area contributed by atoms with E-state index in [-0.39, 0.29) is 23.5 Å². The van der Waals surface area contributed by atoms with Crippen molar-refractivity contribution >= 4 is 40.5 Å². The van der Waals surface area contributed by atoms with Gasteiger partial charge in [0.2, 0.25) is 5.91 Å². The standard InChI is InChI=1S/C19H20N4O2S2/c1-12(2)23-18(16-5-4-10-26-16)21-22-19(23)27-11-17(25)20-15-8-6-14(7-9-15)13(3)24/h4-10,12H,11H2,1-3H3,(H,20,25). The van der Waals surface area contributed by atoms with Gasteiger partial charge >= 0.3 is 0 Å². The summed E-state index contributed by atoms with van der Waals surface area (Å²) in [5.74, 6) is 0.913. The average Bonchev–Trinajstić information content (AvgIpc) is 3.29. The zero-order chi connectivity index (χ0) is 19.4. The van der Waals surface area contributed by atoms with E-state index < -0.39 is 0 Å². The molecule has 1 N–H and O–H groups in total. The smallest absolute Gasteiger partial charge is 0.234 e. The van der Waals surface area contributed by atoms with Crippen molar-refractivity contribution in [2.75, 3.05) is 11.1 Å². The Morgan fingerprint density at radius 3 is 2.52 bits per heavy atom. The number of thioether (sulfide) groups is 1. The average molecular weight is 401 g/mol. The molecule has 27 heavy (non-hydrogen) atoms. The van der Waals surface area contributed by atoms with Gasteiger partial charge in [-0.25, -0.2) is 0 Å². The first-order valence-corrected chi connectivity index (χ1v) is 10.3. The van der Waals surface area contributed by atoms with Gasteiger partial charge in [0.25, 0.3) is 0 Å². The van der Waals surface area contributed by atoms with E-state index in [1.807, 2.05) is 22.1 Å². The Labute approximate surface area is 166 Å². The Hall–Kier alpha value is -2.45. The third-order valence-corrected chi connectivity index (χ3v) is 5.64. The minimum absolute atomic E-state index is 0.00185. The van der Waals surface area contributed by atoms with Crippen LogP contribution in [0.1, 0.15) is 37.2 Å². The Balaban J connectivity index is 1.66. The van der Waals surface area contributed by atoms with Gasteiger partial charge in [-0.3, -0.25) is 14.2 Å². The van der Waals surface area contributed by atoms with Crippen LogP contribution in [-0.2, 0) is 4.79 Å². The summed E-state index contributed by atoms with van der Waals surface area (Å²) in [5, 5.41) is 14.1. The van der Waals surface area contributed by atoms with Crippen LogP contribution in [0.15, 0.2) is 46.9 Å². The molecule has 0 spiro atoms. The number of thiophene rings is 1. The molecule has 0 bridgehead atoms. The summed E-state index contributed by atoms with van der Waals surface area (Å²) in [6, 6.07) is 11.0. The Morgan fingerprint density at radius 1 is 1.19 bits per heavy atom. The van der Waals surface area contributed by atoms with E-state index in [1.54, 1.807) is 35.6 Å². The minimum atomic E-state index is -0.133. The van der Waals surface area contributed by atoms with E-state index in [0.29, 0.717) is 11.3 Å². The van der Waals surface area contributed by atoms with Crippen LogP contribution in [0.2, 0.25) is 0 Å². The molecule has 6 nitrogen and oxygen atoms in total.